The van der Waals surface area contributed by atoms with Crippen molar-refractivity contribution in [2.45, 2.75) is 32.1 Å². The van der Waals surface area contributed by atoms with Gasteiger partial charge in [-0.3, -0.25) is 9.59 Å². The smallest absolute Gasteiger partial charge is 0.274 e. The second-order valence-corrected chi connectivity index (χ2v) is 6.87. The first-order valence-electron chi connectivity index (χ1n) is 8.90. The van der Waals surface area contributed by atoms with Gasteiger partial charge in [0.05, 0.1) is 11.6 Å². The lowest BCUT2D eigenvalue weighted by atomic mass is 9.97. The first-order valence-corrected chi connectivity index (χ1v) is 8.90. The number of carbonyl (C=O) groups is 2. The fourth-order valence-corrected chi connectivity index (χ4v) is 3.94. The standard InChI is InChI=1S/C19H22N4O2/c20-18(24)13-6-5-11-22(12-13)19(25)17-15-9-4-10-16(15)23(21-17)14-7-2-1-3-8-14/h1-3,7-8,13H,4-6,9-12H2,(H2,20,24). The highest BCUT2D eigenvalue weighted by Gasteiger charge is 2.33. The van der Waals surface area contributed by atoms with Crippen molar-refractivity contribution in [3.63, 3.8) is 0 Å². The number of nitrogens with two attached hydrogens (primary N) is 1. The summed E-state index contributed by atoms with van der Waals surface area (Å²) in [4.78, 5) is 26.3. The third kappa shape index (κ3) is 2.81. The van der Waals surface area contributed by atoms with Crippen molar-refractivity contribution >= 4 is 11.8 Å². The number of para-hydroxylation sites is 1. The zero-order valence-corrected chi connectivity index (χ0v) is 14.1. The minimum absolute atomic E-state index is 0.0706. The van der Waals surface area contributed by atoms with Crippen LogP contribution in [0.5, 0.6) is 0 Å². The van der Waals surface area contributed by atoms with Crippen LogP contribution in [0.25, 0.3) is 5.69 Å². The van der Waals surface area contributed by atoms with Gasteiger partial charge in [-0.05, 0) is 44.2 Å². The number of likely N-dealkylation sites (tertiary alicyclic amines) is 1. The molecule has 2 heterocycles. The Kier molecular flexibility index (Phi) is 4.03. The van der Waals surface area contributed by atoms with Crippen LogP contribution in [-0.4, -0.2) is 39.6 Å². The lowest BCUT2D eigenvalue weighted by Gasteiger charge is -2.30. The second-order valence-electron chi connectivity index (χ2n) is 6.87. The summed E-state index contributed by atoms with van der Waals surface area (Å²) in [6, 6.07) is 9.93. The SMILES string of the molecule is NC(=O)C1CCCN(C(=O)c2nn(-c3ccccc3)c3c2CCC3)C1. The van der Waals surface area contributed by atoms with Crippen LogP contribution >= 0.6 is 0 Å². The van der Waals surface area contributed by atoms with E-state index in [-0.39, 0.29) is 17.7 Å². The number of rotatable bonds is 3. The molecule has 2 aliphatic rings. The highest BCUT2D eigenvalue weighted by atomic mass is 16.2. The molecule has 2 amide bonds. The first-order chi connectivity index (χ1) is 12.1. The van der Waals surface area contributed by atoms with E-state index in [0.29, 0.717) is 18.8 Å². The molecule has 1 fully saturated rings. The van der Waals surface area contributed by atoms with Crippen LogP contribution in [0.15, 0.2) is 30.3 Å². The monoisotopic (exact) mass is 338 g/mol. The minimum atomic E-state index is -0.322. The van der Waals surface area contributed by atoms with E-state index in [2.05, 4.69) is 5.10 Å². The Morgan fingerprint density at radius 1 is 1.12 bits per heavy atom. The number of primary amides is 1. The van der Waals surface area contributed by atoms with Crippen LogP contribution < -0.4 is 5.73 Å². The molecule has 1 aromatic heterocycles. The number of nitrogens with zero attached hydrogens (tertiary/aromatic N) is 3. The fraction of sp³-hybridized carbons (Fsp3) is 0.421. The van der Waals surface area contributed by atoms with Crippen molar-refractivity contribution in [1.82, 2.24) is 14.7 Å². The van der Waals surface area contributed by atoms with Gasteiger partial charge in [-0.15, -0.1) is 0 Å². The molecule has 1 aliphatic heterocycles. The van der Waals surface area contributed by atoms with Crippen molar-refractivity contribution in [2.75, 3.05) is 13.1 Å². The summed E-state index contributed by atoms with van der Waals surface area (Å²) >= 11 is 0. The van der Waals surface area contributed by atoms with E-state index >= 15 is 0 Å². The molecule has 1 atom stereocenters. The molecule has 25 heavy (non-hydrogen) atoms. The summed E-state index contributed by atoms with van der Waals surface area (Å²) in [5.41, 5.74) is 9.17. The summed E-state index contributed by atoms with van der Waals surface area (Å²) in [6.45, 7) is 1.07. The zero-order valence-electron chi connectivity index (χ0n) is 14.1. The normalized spacial score (nSPS) is 19.7. The van der Waals surface area contributed by atoms with Gasteiger partial charge in [0.2, 0.25) is 5.91 Å². The Morgan fingerprint density at radius 3 is 2.68 bits per heavy atom. The number of fused-ring (bicyclic) bond motifs is 1. The maximum absolute atomic E-state index is 13.1. The average Bonchev–Trinajstić information content (AvgIpc) is 3.24. The summed E-state index contributed by atoms with van der Waals surface area (Å²) in [5, 5.41) is 4.66. The van der Waals surface area contributed by atoms with E-state index in [4.69, 9.17) is 5.73 Å². The number of hydrogen-bond donors (Lipinski definition) is 1. The number of aromatic nitrogens is 2. The van der Waals surface area contributed by atoms with Gasteiger partial charge in [-0.1, -0.05) is 18.2 Å². The van der Waals surface area contributed by atoms with Gasteiger partial charge < -0.3 is 10.6 Å². The second kappa shape index (κ2) is 6.35. The van der Waals surface area contributed by atoms with Crippen LogP contribution in [0.3, 0.4) is 0 Å². The molecule has 1 aromatic carbocycles. The summed E-state index contributed by atoms with van der Waals surface area (Å²) < 4.78 is 1.91. The van der Waals surface area contributed by atoms with E-state index in [9.17, 15) is 9.59 Å². The molecule has 2 N–H and O–H groups in total. The van der Waals surface area contributed by atoms with Gasteiger partial charge in [0, 0.05) is 24.3 Å². The lowest BCUT2D eigenvalue weighted by Crippen LogP contribution is -2.44. The van der Waals surface area contributed by atoms with E-state index in [1.165, 1.54) is 0 Å². The van der Waals surface area contributed by atoms with Crippen LogP contribution in [0.4, 0.5) is 0 Å². The lowest BCUT2D eigenvalue weighted by molar-refractivity contribution is -0.123. The predicted octanol–water partition coefficient (Wildman–Crippen LogP) is 1.70. The molecule has 1 saturated heterocycles. The van der Waals surface area contributed by atoms with Crippen molar-refractivity contribution in [3.05, 3.63) is 47.3 Å². The summed E-state index contributed by atoms with van der Waals surface area (Å²) in [6.07, 6.45) is 4.44. The third-order valence-electron chi connectivity index (χ3n) is 5.24. The Morgan fingerprint density at radius 2 is 1.92 bits per heavy atom. The predicted molar refractivity (Wildman–Crippen MR) is 93.4 cm³/mol. The number of amides is 2. The Labute approximate surface area is 146 Å². The van der Waals surface area contributed by atoms with Crippen LogP contribution in [0.1, 0.15) is 41.0 Å². The molecule has 130 valence electrons. The molecule has 4 rings (SSSR count). The molecule has 0 spiro atoms. The quantitative estimate of drug-likeness (QED) is 0.925. The van der Waals surface area contributed by atoms with E-state index < -0.39 is 0 Å². The molecular weight excluding hydrogens is 316 g/mol. The topological polar surface area (TPSA) is 81.2 Å². The fourth-order valence-electron chi connectivity index (χ4n) is 3.94. The first kappa shape index (κ1) is 15.9. The largest absolute Gasteiger partial charge is 0.369 e. The maximum Gasteiger partial charge on any atom is 0.274 e. The van der Waals surface area contributed by atoms with Gasteiger partial charge in [-0.25, -0.2) is 4.68 Å². The molecular formula is C19H22N4O2. The molecule has 6 nitrogen and oxygen atoms in total. The number of benzene rings is 1. The highest BCUT2D eigenvalue weighted by Crippen LogP contribution is 2.29. The van der Waals surface area contributed by atoms with Gasteiger partial charge >= 0.3 is 0 Å². The average molecular weight is 338 g/mol. The van der Waals surface area contributed by atoms with Gasteiger partial charge in [0.25, 0.3) is 5.91 Å². The van der Waals surface area contributed by atoms with E-state index in [1.807, 2.05) is 35.0 Å². The highest BCUT2D eigenvalue weighted by molar-refractivity contribution is 5.94. The molecule has 1 aliphatic carbocycles. The maximum atomic E-state index is 13.1. The van der Waals surface area contributed by atoms with E-state index in [0.717, 1.165) is 49.0 Å². The van der Waals surface area contributed by atoms with Crippen LogP contribution in [0, 0.1) is 5.92 Å². The van der Waals surface area contributed by atoms with Crippen LogP contribution in [0.2, 0.25) is 0 Å². The molecule has 0 bridgehead atoms. The molecule has 1 unspecified atom stereocenters. The Bertz CT molecular complexity index is 812. The number of piperidine rings is 1. The molecule has 6 heteroatoms. The zero-order chi connectivity index (χ0) is 17.4. The van der Waals surface area contributed by atoms with Crippen molar-refractivity contribution in [2.24, 2.45) is 11.7 Å². The van der Waals surface area contributed by atoms with Crippen molar-refractivity contribution < 1.29 is 9.59 Å². The third-order valence-corrected chi connectivity index (χ3v) is 5.24. The molecule has 0 saturated carbocycles. The van der Waals surface area contributed by atoms with Crippen LogP contribution in [-0.2, 0) is 17.6 Å². The Balaban J connectivity index is 1.67. The molecule has 2 aromatic rings. The summed E-state index contributed by atoms with van der Waals surface area (Å²) in [5.74, 6) is -0.640. The molecule has 0 radical (unpaired) electrons. The number of hydrogen-bond acceptors (Lipinski definition) is 3. The summed E-state index contributed by atoms with van der Waals surface area (Å²) in [7, 11) is 0. The van der Waals surface area contributed by atoms with Gasteiger partial charge in [-0.2, -0.15) is 5.10 Å². The van der Waals surface area contributed by atoms with E-state index in [1.54, 1.807) is 4.90 Å². The van der Waals surface area contributed by atoms with Crippen molar-refractivity contribution in [1.29, 1.82) is 0 Å². The minimum Gasteiger partial charge on any atom is -0.369 e. The van der Waals surface area contributed by atoms with Crippen molar-refractivity contribution in [3.8, 4) is 5.69 Å². The Hall–Kier alpha value is -2.63. The van der Waals surface area contributed by atoms with Gasteiger partial charge in [0.15, 0.2) is 5.69 Å². The number of carbonyl (C=O) groups excluding carboxylic acids is 2. The van der Waals surface area contributed by atoms with Gasteiger partial charge in [0.1, 0.15) is 0 Å².